The molecule has 6 nitrogen and oxygen atoms in total. The summed E-state index contributed by atoms with van der Waals surface area (Å²) >= 11 is 1.39. The Labute approximate surface area is 142 Å². The fourth-order valence-electron chi connectivity index (χ4n) is 1.81. The molecule has 0 aliphatic heterocycles. The minimum absolute atomic E-state index is 0.0918. The molecule has 1 aromatic rings. The van der Waals surface area contributed by atoms with Gasteiger partial charge in [0.15, 0.2) is 0 Å². The van der Waals surface area contributed by atoms with Gasteiger partial charge in [0, 0.05) is 31.2 Å². The summed E-state index contributed by atoms with van der Waals surface area (Å²) in [6, 6.07) is 3.63. The van der Waals surface area contributed by atoms with Gasteiger partial charge in [-0.15, -0.1) is 11.3 Å². The van der Waals surface area contributed by atoms with Crippen LogP contribution in [0.2, 0.25) is 0 Å². The second kappa shape index (κ2) is 10.7. The third-order valence-corrected chi connectivity index (χ3v) is 4.89. The van der Waals surface area contributed by atoms with Crippen molar-refractivity contribution in [2.75, 3.05) is 32.6 Å². The average Bonchev–Trinajstić information content (AvgIpc) is 2.93. The number of thiophene rings is 1. The van der Waals surface area contributed by atoms with Crippen molar-refractivity contribution < 1.29 is 17.9 Å². The molecule has 23 heavy (non-hydrogen) atoms. The van der Waals surface area contributed by atoms with Crippen molar-refractivity contribution in [3.8, 4) is 0 Å². The number of ether oxygens (including phenoxy) is 1. The van der Waals surface area contributed by atoms with Crippen LogP contribution in [0.15, 0.2) is 12.1 Å². The number of hydrogen-bond acceptors (Lipinski definition) is 5. The van der Waals surface area contributed by atoms with Gasteiger partial charge in [0.25, 0.3) is 5.91 Å². The summed E-state index contributed by atoms with van der Waals surface area (Å²) in [5.41, 5.74) is 0. The zero-order valence-electron chi connectivity index (χ0n) is 13.8. The fourth-order valence-corrected chi connectivity index (χ4v) is 3.20. The number of carbonyl (C=O) groups excluding carboxylic acids is 1. The van der Waals surface area contributed by atoms with Crippen LogP contribution in [0.25, 0.3) is 0 Å². The molecule has 8 heteroatoms. The van der Waals surface area contributed by atoms with Gasteiger partial charge in [-0.05, 0) is 31.4 Å². The Balaban J connectivity index is 2.21. The van der Waals surface area contributed by atoms with E-state index in [1.807, 2.05) is 6.07 Å². The first-order chi connectivity index (χ1) is 10.9. The highest BCUT2D eigenvalue weighted by Crippen LogP contribution is 2.16. The molecule has 0 atom stereocenters. The van der Waals surface area contributed by atoms with Gasteiger partial charge in [-0.3, -0.25) is 4.79 Å². The monoisotopic (exact) mass is 362 g/mol. The fraction of sp³-hybridized carbons (Fsp3) is 0.667. The van der Waals surface area contributed by atoms with Crippen molar-refractivity contribution in [2.45, 2.75) is 32.6 Å². The van der Waals surface area contributed by atoms with Crippen molar-refractivity contribution in [1.82, 2.24) is 10.0 Å². The summed E-state index contributed by atoms with van der Waals surface area (Å²) < 4.78 is 29.8. The molecular formula is C15H26N2O4S2. The first-order valence-electron chi connectivity index (χ1n) is 7.81. The van der Waals surface area contributed by atoms with Crippen molar-refractivity contribution >= 4 is 27.3 Å². The molecular weight excluding hydrogens is 336 g/mol. The number of hydrogen-bond donors (Lipinski definition) is 2. The second-order valence-corrected chi connectivity index (χ2v) is 8.26. The Morgan fingerprint density at radius 2 is 1.96 bits per heavy atom. The van der Waals surface area contributed by atoms with Crippen molar-refractivity contribution in [3.63, 3.8) is 0 Å². The molecule has 0 bridgehead atoms. The number of carbonyl (C=O) groups is 1. The quantitative estimate of drug-likeness (QED) is 0.555. The molecule has 0 radical (unpaired) electrons. The summed E-state index contributed by atoms with van der Waals surface area (Å²) in [7, 11) is -3.16. The smallest absolute Gasteiger partial charge is 0.261 e. The standard InChI is InChI=1S/C15H26N2O4S2/c1-3-4-11-21-12-5-9-16-15(18)14-7-6-13(22-14)8-10-17-23(2,19)20/h6-7,17H,3-5,8-12H2,1-2H3,(H,16,18). The summed E-state index contributed by atoms with van der Waals surface area (Å²) in [6.45, 7) is 4.49. The van der Waals surface area contributed by atoms with Crippen LogP contribution in [-0.2, 0) is 21.2 Å². The first-order valence-corrected chi connectivity index (χ1v) is 10.5. The maximum atomic E-state index is 12.0. The van der Waals surface area contributed by atoms with Crippen LogP contribution in [0.5, 0.6) is 0 Å². The summed E-state index contributed by atoms with van der Waals surface area (Å²) in [6.07, 6.45) is 4.70. The van der Waals surface area contributed by atoms with Gasteiger partial charge in [0.05, 0.1) is 11.1 Å². The Hall–Kier alpha value is -0.960. The molecule has 0 aliphatic carbocycles. The molecule has 1 heterocycles. The van der Waals surface area contributed by atoms with E-state index in [4.69, 9.17) is 4.74 Å². The van der Waals surface area contributed by atoms with E-state index < -0.39 is 10.0 Å². The lowest BCUT2D eigenvalue weighted by molar-refractivity contribution is 0.0944. The number of amides is 1. The van der Waals surface area contributed by atoms with Crippen LogP contribution in [0.4, 0.5) is 0 Å². The molecule has 0 aliphatic rings. The van der Waals surface area contributed by atoms with Crippen LogP contribution >= 0.6 is 11.3 Å². The Kier molecular flexibility index (Phi) is 9.39. The van der Waals surface area contributed by atoms with Gasteiger partial charge in [0.2, 0.25) is 10.0 Å². The van der Waals surface area contributed by atoms with E-state index in [1.165, 1.54) is 11.3 Å². The van der Waals surface area contributed by atoms with Gasteiger partial charge in [0.1, 0.15) is 0 Å². The predicted octanol–water partition coefficient (Wildman–Crippen LogP) is 1.78. The maximum Gasteiger partial charge on any atom is 0.261 e. The van der Waals surface area contributed by atoms with E-state index in [0.717, 1.165) is 37.0 Å². The lowest BCUT2D eigenvalue weighted by Crippen LogP contribution is -2.24. The molecule has 0 unspecified atom stereocenters. The van der Waals surface area contributed by atoms with E-state index in [-0.39, 0.29) is 5.91 Å². The summed E-state index contributed by atoms with van der Waals surface area (Å²) in [4.78, 5) is 13.6. The van der Waals surface area contributed by atoms with Gasteiger partial charge in [-0.1, -0.05) is 13.3 Å². The molecule has 0 saturated carbocycles. The third kappa shape index (κ3) is 9.70. The Bertz CT molecular complexity index is 570. The van der Waals surface area contributed by atoms with Crippen molar-refractivity contribution in [3.05, 3.63) is 21.9 Å². The highest BCUT2D eigenvalue weighted by atomic mass is 32.2. The lowest BCUT2D eigenvalue weighted by Gasteiger charge is -2.05. The molecule has 0 saturated heterocycles. The van der Waals surface area contributed by atoms with Crippen LogP contribution in [0, 0.1) is 0 Å². The van der Waals surface area contributed by atoms with E-state index in [9.17, 15) is 13.2 Å². The van der Waals surface area contributed by atoms with Crippen molar-refractivity contribution in [2.24, 2.45) is 0 Å². The van der Waals surface area contributed by atoms with E-state index in [2.05, 4.69) is 17.0 Å². The van der Waals surface area contributed by atoms with Gasteiger partial charge < -0.3 is 10.1 Å². The topological polar surface area (TPSA) is 84.5 Å². The van der Waals surface area contributed by atoms with E-state index >= 15 is 0 Å². The average molecular weight is 363 g/mol. The maximum absolute atomic E-state index is 12.0. The molecule has 1 aromatic heterocycles. The number of rotatable bonds is 12. The lowest BCUT2D eigenvalue weighted by atomic mass is 10.3. The summed E-state index contributed by atoms with van der Waals surface area (Å²) in [5.74, 6) is -0.0918. The molecule has 132 valence electrons. The zero-order valence-corrected chi connectivity index (χ0v) is 15.4. The van der Waals surface area contributed by atoms with Crippen molar-refractivity contribution in [1.29, 1.82) is 0 Å². The number of sulfonamides is 1. The minimum Gasteiger partial charge on any atom is -0.381 e. The molecule has 1 amide bonds. The first kappa shape index (κ1) is 20.1. The molecule has 0 spiro atoms. The predicted molar refractivity (Wildman–Crippen MR) is 93.5 cm³/mol. The van der Waals surface area contributed by atoms with E-state index in [0.29, 0.717) is 31.0 Å². The largest absolute Gasteiger partial charge is 0.381 e. The van der Waals surface area contributed by atoms with Gasteiger partial charge in [-0.2, -0.15) is 0 Å². The second-order valence-electron chi connectivity index (χ2n) is 5.26. The van der Waals surface area contributed by atoms with Crippen LogP contribution < -0.4 is 10.0 Å². The molecule has 0 aromatic carbocycles. The zero-order chi connectivity index (χ0) is 17.1. The van der Waals surface area contributed by atoms with Crippen LogP contribution in [-0.4, -0.2) is 46.9 Å². The minimum atomic E-state index is -3.16. The number of nitrogens with one attached hydrogen (secondary N) is 2. The normalized spacial score (nSPS) is 11.6. The Morgan fingerprint density at radius 3 is 2.65 bits per heavy atom. The SMILES string of the molecule is CCCCOCCCNC(=O)c1ccc(CCNS(C)(=O)=O)s1. The highest BCUT2D eigenvalue weighted by molar-refractivity contribution is 7.88. The molecule has 1 rings (SSSR count). The van der Waals surface area contributed by atoms with E-state index in [1.54, 1.807) is 6.07 Å². The highest BCUT2D eigenvalue weighted by Gasteiger charge is 2.09. The Morgan fingerprint density at radius 1 is 1.22 bits per heavy atom. The molecule has 2 N–H and O–H groups in total. The third-order valence-electron chi connectivity index (χ3n) is 3.01. The van der Waals surface area contributed by atoms with Gasteiger partial charge in [-0.25, -0.2) is 13.1 Å². The molecule has 0 fully saturated rings. The van der Waals surface area contributed by atoms with Gasteiger partial charge >= 0.3 is 0 Å². The number of unbranched alkanes of at least 4 members (excludes halogenated alkanes) is 1. The van der Waals surface area contributed by atoms with Crippen LogP contribution in [0.3, 0.4) is 0 Å². The van der Waals surface area contributed by atoms with Crippen LogP contribution in [0.1, 0.15) is 40.7 Å². The summed E-state index contributed by atoms with van der Waals surface area (Å²) in [5, 5.41) is 2.86.